The average molecular weight is 563 g/mol. The third-order valence-corrected chi connectivity index (χ3v) is 7.16. The molecule has 0 aliphatic carbocycles. The normalized spacial score (nSPS) is 11.2. The molecule has 0 aliphatic rings. The van der Waals surface area contributed by atoms with Gasteiger partial charge >= 0.3 is 0 Å². The summed E-state index contributed by atoms with van der Waals surface area (Å²) >= 11 is 6.14. The van der Waals surface area contributed by atoms with Gasteiger partial charge in [0.25, 0.3) is 21.6 Å². The van der Waals surface area contributed by atoms with E-state index >= 15 is 0 Å². The van der Waals surface area contributed by atoms with Gasteiger partial charge in [-0.05, 0) is 36.4 Å². The number of halogens is 1. The number of anilines is 1. The van der Waals surface area contributed by atoms with Crippen molar-refractivity contribution < 1.29 is 32.3 Å². The highest BCUT2D eigenvalue weighted by Crippen LogP contribution is 2.37. The van der Waals surface area contributed by atoms with Crippen molar-refractivity contribution in [2.75, 3.05) is 32.2 Å². The molecule has 3 aromatic carbocycles. The number of methoxy groups -OCH3 is 3. The number of nitrogens with zero attached hydrogens (tertiary/aromatic N) is 3. The average Bonchev–Trinajstić information content (AvgIpc) is 2.91. The maximum Gasteiger partial charge on any atom is 0.278 e. The van der Waals surface area contributed by atoms with E-state index in [9.17, 15) is 23.3 Å². The minimum atomic E-state index is -4.39. The Balaban J connectivity index is 1.99. The van der Waals surface area contributed by atoms with Crippen LogP contribution in [0.4, 0.5) is 11.4 Å². The number of ether oxygens (including phenoxy) is 3. The standard InChI is InChI=1S/C24H23ClN4O8S/c1-35-21-10-8-17(25)12-20(21)28(38(33,34)18-9-11-22(36-2)23(13-18)37-3)15-24(30)27-26-14-16-6-4-5-7-19(16)29(31)32/h4-14H,15H2,1-3H3,(H,27,30)/b26-14-. The molecule has 200 valence electrons. The van der Waals surface area contributed by atoms with Gasteiger partial charge in [-0.3, -0.25) is 19.2 Å². The lowest BCUT2D eigenvalue weighted by Gasteiger charge is -2.25. The van der Waals surface area contributed by atoms with Gasteiger partial charge < -0.3 is 14.2 Å². The van der Waals surface area contributed by atoms with Crippen molar-refractivity contribution in [1.29, 1.82) is 0 Å². The van der Waals surface area contributed by atoms with Gasteiger partial charge in [-0.25, -0.2) is 13.8 Å². The van der Waals surface area contributed by atoms with Crippen LogP contribution in [0.1, 0.15) is 5.56 Å². The first-order valence-electron chi connectivity index (χ1n) is 10.8. The minimum Gasteiger partial charge on any atom is -0.495 e. The number of carbonyl (C=O) groups excluding carboxylic acids is 1. The quantitative estimate of drug-likeness (QED) is 0.211. The van der Waals surface area contributed by atoms with E-state index in [-0.39, 0.29) is 38.4 Å². The summed E-state index contributed by atoms with van der Waals surface area (Å²) in [5.41, 5.74) is 2.12. The van der Waals surface area contributed by atoms with E-state index < -0.39 is 27.4 Å². The first-order valence-corrected chi connectivity index (χ1v) is 12.6. The zero-order valence-electron chi connectivity index (χ0n) is 20.5. The maximum absolute atomic E-state index is 13.8. The van der Waals surface area contributed by atoms with Crippen molar-refractivity contribution in [3.05, 3.63) is 81.4 Å². The Labute approximate surface area is 223 Å². The van der Waals surface area contributed by atoms with Crippen LogP contribution in [0.3, 0.4) is 0 Å². The highest BCUT2D eigenvalue weighted by atomic mass is 35.5. The molecule has 38 heavy (non-hydrogen) atoms. The molecule has 0 heterocycles. The predicted octanol–water partition coefficient (Wildman–Crippen LogP) is 3.62. The first kappa shape index (κ1) is 28.2. The Morgan fingerprint density at radius 3 is 2.34 bits per heavy atom. The molecule has 0 radical (unpaired) electrons. The SMILES string of the molecule is COc1ccc(S(=O)(=O)N(CC(=O)N/N=C\c2ccccc2[N+](=O)[O-])c2cc(Cl)ccc2OC)cc1OC. The summed E-state index contributed by atoms with van der Waals surface area (Å²) in [6, 6.07) is 14.0. The van der Waals surface area contributed by atoms with E-state index in [0.29, 0.717) is 5.75 Å². The van der Waals surface area contributed by atoms with Crippen LogP contribution in [-0.4, -0.2) is 53.3 Å². The molecule has 0 atom stereocenters. The summed E-state index contributed by atoms with van der Waals surface area (Å²) in [6.07, 6.45) is 1.09. The molecule has 0 spiro atoms. The third-order valence-electron chi connectivity index (χ3n) is 5.17. The first-order chi connectivity index (χ1) is 18.1. The highest BCUT2D eigenvalue weighted by molar-refractivity contribution is 7.92. The van der Waals surface area contributed by atoms with E-state index in [1.165, 1.54) is 75.9 Å². The molecule has 12 nitrogen and oxygen atoms in total. The number of hydrazone groups is 1. The molecule has 0 aromatic heterocycles. The third kappa shape index (κ3) is 6.30. The number of para-hydroxylation sites is 1. The summed E-state index contributed by atoms with van der Waals surface area (Å²) in [4.78, 5) is 23.2. The van der Waals surface area contributed by atoms with Crippen LogP contribution in [0, 0.1) is 10.1 Å². The van der Waals surface area contributed by atoms with Gasteiger partial charge in [0, 0.05) is 17.2 Å². The van der Waals surface area contributed by atoms with Gasteiger partial charge in [-0.2, -0.15) is 5.10 Å². The summed E-state index contributed by atoms with van der Waals surface area (Å²) < 4.78 is 44.1. The zero-order chi connectivity index (χ0) is 27.9. The fraction of sp³-hybridized carbons (Fsp3) is 0.167. The topological polar surface area (TPSA) is 150 Å². The molecule has 14 heteroatoms. The van der Waals surface area contributed by atoms with Crippen molar-refractivity contribution in [2.45, 2.75) is 4.90 Å². The molecule has 3 rings (SSSR count). The van der Waals surface area contributed by atoms with E-state index in [0.717, 1.165) is 10.5 Å². The number of hydrogen-bond acceptors (Lipinski definition) is 9. The van der Waals surface area contributed by atoms with Crippen LogP contribution in [0.2, 0.25) is 5.02 Å². The number of rotatable bonds is 11. The fourth-order valence-corrected chi connectivity index (χ4v) is 4.97. The molecule has 1 amide bonds. The number of nitro groups is 1. The lowest BCUT2D eigenvalue weighted by atomic mass is 10.2. The van der Waals surface area contributed by atoms with E-state index in [1.54, 1.807) is 6.07 Å². The monoisotopic (exact) mass is 562 g/mol. The number of amides is 1. The smallest absolute Gasteiger partial charge is 0.278 e. The molecule has 1 N–H and O–H groups in total. The molecule has 0 saturated heterocycles. The molecule has 0 bridgehead atoms. The van der Waals surface area contributed by atoms with Gasteiger partial charge in [0.15, 0.2) is 11.5 Å². The summed E-state index contributed by atoms with van der Waals surface area (Å²) in [7, 11) is -0.293. The summed E-state index contributed by atoms with van der Waals surface area (Å²) in [5, 5.41) is 15.1. The second kappa shape index (κ2) is 12.3. The van der Waals surface area contributed by atoms with Crippen LogP contribution in [0.25, 0.3) is 0 Å². The fourth-order valence-electron chi connectivity index (χ4n) is 3.36. The van der Waals surface area contributed by atoms with Crippen LogP contribution < -0.4 is 23.9 Å². The maximum atomic E-state index is 13.8. The number of carbonyl (C=O) groups is 1. The Morgan fingerprint density at radius 1 is 1.03 bits per heavy atom. The number of sulfonamides is 1. The van der Waals surface area contributed by atoms with Crippen LogP contribution in [0.5, 0.6) is 17.2 Å². The lowest BCUT2D eigenvalue weighted by Crippen LogP contribution is -2.39. The van der Waals surface area contributed by atoms with E-state index in [1.807, 2.05) is 0 Å². The van der Waals surface area contributed by atoms with E-state index in [2.05, 4.69) is 10.5 Å². The van der Waals surface area contributed by atoms with Crippen molar-refractivity contribution in [1.82, 2.24) is 5.43 Å². The second-order valence-electron chi connectivity index (χ2n) is 7.45. The molecule has 0 saturated carbocycles. The largest absolute Gasteiger partial charge is 0.495 e. The summed E-state index contributed by atoms with van der Waals surface area (Å²) in [6.45, 7) is -0.735. The minimum absolute atomic E-state index is 0.00684. The molecule has 0 aliphatic heterocycles. The molecule has 0 unspecified atom stereocenters. The summed E-state index contributed by atoms with van der Waals surface area (Å²) in [5.74, 6) is -0.244. The molecule has 0 fully saturated rings. The van der Waals surface area contributed by atoms with Crippen LogP contribution in [-0.2, 0) is 14.8 Å². The van der Waals surface area contributed by atoms with Crippen molar-refractivity contribution in [3.63, 3.8) is 0 Å². The number of nitrogens with one attached hydrogen (secondary N) is 1. The Kier molecular flexibility index (Phi) is 9.10. The lowest BCUT2D eigenvalue weighted by molar-refractivity contribution is -0.385. The van der Waals surface area contributed by atoms with Gasteiger partial charge in [0.05, 0.1) is 48.6 Å². The van der Waals surface area contributed by atoms with Crippen LogP contribution >= 0.6 is 11.6 Å². The molecular formula is C24H23ClN4O8S. The zero-order valence-corrected chi connectivity index (χ0v) is 22.0. The Bertz CT molecular complexity index is 1480. The Hall–Kier alpha value is -4.36. The van der Waals surface area contributed by atoms with Gasteiger partial charge in [-0.1, -0.05) is 23.7 Å². The number of nitro benzene ring substituents is 1. The van der Waals surface area contributed by atoms with Crippen LogP contribution in [0.15, 0.2) is 70.7 Å². The van der Waals surface area contributed by atoms with Gasteiger partial charge in [0.1, 0.15) is 12.3 Å². The van der Waals surface area contributed by atoms with Crippen molar-refractivity contribution in [2.24, 2.45) is 5.10 Å². The highest BCUT2D eigenvalue weighted by Gasteiger charge is 2.30. The van der Waals surface area contributed by atoms with Crippen molar-refractivity contribution in [3.8, 4) is 17.2 Å². The Morgan fingerprint density at radius 2 is 1.68 bits per heavy atom. The van der Waals surface area contributed by atoms with Crippen molar-refractivity contribution >= 4 is 45.1 Å². The molecule has 3 aromatic rings. The second-order valence-corrected chi connectivity index (χ2v) is 9.75. The predicted molar refractivity (Wildman–Crippen MR) is 141 cm³/mol. The van der Waals surface area contributed by atoms with E-state index in [4.69, 9.17) is 25.8 Å². The number of benzene rings is 3. The van der Waals surface area contributed by atoms with Gasteiger partial charge in [-0.15, -0.1) is 0 Å². The number of hydrogen-bond donors (Lipinski definition) is 1. The molecular weight excluding hydrogens is 540 g/mol. The van der Waals surface area contributed by atoms with Gasteiger partial charge in [0.2, 0.25) is 0 Å².